The Kier molecular flexibility index (Phi) is 21.6. The molecule has 3 aromatic heterocycles. The lowest BCUT2D eigenvalue weighted by molar-refractivity contribution is 0.00578. The number of likely N-dealkylation sites (N-methyl/N-ethyl adjacent to an activating group) is 3. The molecule has 2 fully saturated rings. The molecule has 2 saturated heterocycles. The van der Waals surface area contributed by atoms with Crippen molar-refractivity contribution in [3.05, 3.63) is 86.7 Å². The molecule has 0 aliphatic carbocycles. The third-order valence-corrected chi connectivity index (χ3v) is 12.6. The van der Waals surface area contributed by atoms with E-state index in [1.165, 1.54) is 22.2 Å². The molecule has 0 unspecified atom stereocenters. The largest absolute Gasteiger partial charge is 0.490 e. The number of ether oxygens (including phenoxy) is 3. The molecule has 0 saturated carbocycles. The molecule has 3 aromatic rings. The number of halogens is 1. The summed E-state index contributed by atoms with van der Waals surface area (Å²) in [5, 5.41) is 0. The van der Waals surface area contributed by atoms with E-state index in [9.17, 15) is 0 Å². The second-order valence-electron chi connectivity index (χ2n) is 18.5. The molecule has 14 nitrogen and oxygen atoms in total. The van der Waals surface area contributed by atoms with Crippen LogP contribution < -0.4 is 17.2 Å². The third-order valence-electron chi connectivity index (χ3n) is 11.9. The van der Waals surface area contributed by atoms with E-state index in [4.69, 9.17) is 40.7 Å². The van der Waals surface area contributed by atoms with E-state index in [1.54, 1.807) is 6.07 Å². The van der Waals surface area contributed by atoms with Gasteiger partial charge in [-0.25, -0.2) is 15.0 Å². The monoisotopic (exact) mass is 950 g/mol. The van der Waals surface area contributed by atoms with Crippen LogP contribution in [0.15, 0.2) is 58.5 Å². The minimum Gasteiger partial charge on any atom is -0.400 e. The number of anilines is 3. The summed E-state index contributed by atoms with van der Waals surface area (Å²) < 4.78 is 29.0. The van der Waals surface area contributed by atoms with Crippen molar-refractivity contribution in [2.24, 2.45) is 0 Å². The molecule has 7 rings (SSSR count). The molecule has 0 radical (unpaired) electrons. The highest BCUT2D eigenvalue weighted by atomic mass is 79.9. The van der Waals surface area contributed by atoms with Crippen molar-refractivity contribution in [3.8, 4) is 0 Å². The summed E-state index contributed by atoms with van der Waals surface area (Å²) in [5.74, 6) is 2.39. The van der Waals surface area contributed by atoms with Crippen molar-refractivity contribution >= 4 is 46.1 Å². The van der Waals surface area contributed by atoms with Gasteiger partial charge in [0, 0.05) is 62.3 Å². The van der Waals surface area contributed by atoms with Gasteiger partial charge in [-0.3, -0.25) is 0 Å². The number of aromatic nitrogens is 3. The Labute approximate surface area is 392 Å². The summed E-state index contributed by atoms with van der Waals surface area (Å²) in [6.07, 6.45) is 11.1. The molecule has 0 aromatic carbocycles. The Bertz CT molecular complexity index is 1940. The second-order valence-corrected chi connectivity index (χ2v) is 19.3. The first-order valence-corrected chi connectivity index (χ1v) is 23.5. The van der Waals surface area contributed by atoms with Gasteiger partial charge in [0.2, 0.25) is 0 Å². The van der Waals surface area contributed by atoms with Gasteiger partial charge >= 0.3 is 7.12 Å². The zero-order valence-corrected chi connectivity index (χ0v) is 42.0. The molecule has 6 N–H and O–H groups in total. The summed E-state index contributed by atoms with van der Waals surface area (Å²) in [4.78, 5) is 19.7. The lowest BCUT2D eigenvalue weighted by atomic mass is 9.75. The van der Waals surface area contributed by atoms with Crippen LogP contribution in [0.5, 0.6) is 0 Å². The normalized spacial score (nSPS) is 18.3. The van der Waals surface area contributed by atoms with Crippen LogP contribution in [0.25, 0.3) is 5.57 Å². The minimum atomic E-state index is -0.239. The number of nitrogens with two attached hydrogens (primary N) is 3. The zero-order valence-electron chi connectivity index (χ0n) is 40.4. The lowest BCUT2D eigenvalue weighted by Crippen LogP contribution is -2.41. The van der Waals surface area contributed by atoms with E-state index in [2.05, 4.69) is 126 Å². The molecular formula is C48H77BBrN9O5. The lowest BCUT2D eigenvalue weighted by Gasteiger charge is -2.32. The van der Waals surface area contributed by atoms with Crippen LogP contribution in [0, 0.1) is 0 Å². The maximum absolute atomic E-state index is 5.96. The van der Waals surface area contributed by atoms with Gasteiger partial charge in [0.05, 0.1) is 49.0 Å². The van der Waals surface area contributed by atoms with Crippen LogP contribution in [-0.2, 0) is 42.8 Å². The van der Waals surface area contributed by atoms with Crippen molar-refractivity contribution in [3.63, 3.8) is 0 Å². The smallest absolute Gasteiger partial charge is 0.400 e. The molecule has 0 amide bonds. The van der Waals surface area contributed by atoms with Gasteiger partial charge in [0.15, 0.2) is 0 Å². The Morgan fingerprint density at radius 2 is 1.09 bits per heavy atom. The van der Waals surface area contributed by atoms with Gasteiger partial charge in [0.25, 0.3) is 0 Å². The van der Waals surface area contributed by atoms with Gasteiger partial charge in [-0.05, 0) is 170 Å². The fraction of sp³-hybridized carbons (Fsp3) is 0.604. The summed E-state index contributed by atoms with van der Waals surface area (Å²) in [7, 11) is 12.2. The minimum absolute atomic E-state index is 0.182. The average molecular weight is 951 g/mol. The number of rotatable bonds is 12. The fourth-order valence-corrected chi connectivity index (χ4v) is 7.72. The first-order chi connectivity index (χ1) is 30.3. The van der Waals surface area contributed by atoms with Crippen LogP contribution in [0.1, 0.15) is 87.5 Å². The number of hydrogen-bond donors (Lipinski definition) is 3. The SMILES string of the molecule is CC1(C)OB(C2=CCOCC2)OC1(C)C.CN(C)CCc1nc(N)ccc1Br.CN(C)CCc1nc(N)ccc1C1=CCOCC1.CN(C)CCc1nc(N)ccc1C1CCOCC1. The first kappa shape index (κ1) is 53.2. The molecular weight excluding hydrogens is 873 g/mol. The van der Waals surface area contributed by atoms with Crippen molar-refractivity contribution in [1.29, 1.82) is 0 Å². The predicted molar refractivity (Wildman–Crippen MR) is 266 cm³/mol. The highest BCUT2D eigenvalue weighted by molar-refractivity contribution is 9.10. The van der Waals surface area contributed by atoms with Gasteiger partial charge in [-0.1, -0.05) is 18.2 Å². The van der Waals surface area contributed by atoms with Gasteiger partial charge in [-0.2, -0.15) is 0 Å². The number of nitrogen functional groups attached to an aromatic ring is 3. The van der Waals surface area contributed by atoms with Crippen molar-refractivity contribution < 1.29 is 23.5 Å². The number of nitrogens with zero attached hydrogens (tertiary/aromatic N) is 6. The van der Waals surface area contributed by atoms with Crippen LogP contribution in [0.3, 0.4) is 0 Å². The number of hydrogen-bond acceptors (Lipinski definition) is 14. The Morgan fingerprint density at radius 1 is 0.609 bits per heavy atom. The first-order valence-electron chi connectivity index (χ1n) is 22.7. The van der Waals surface area contributed by atoms with E-state index in [-0.39, 0.29) is 18.3 Å². The average Bonchev–Trinajstić information content (AvgIpc) is 3.49. The topological polar surface area (TPSA) is 173 Å². The van der Waals surface area contributed by atoms with Crippen LogP contribution in [-0.4, -0.2) is 150 Å². The van der Waals surface area contributed by atoms with E-state index in [0.29, 0.717) is 36.6 Å². The van der Waals surface area contributed by atoms with Crippen LogP contribution in [0.2, 0.25) is 0 Å². The van der Waals surface area contributed by atoms with Gasteiger partial charge in [-0.15, -0.1) is 0 Å². The van der Waals surface area contributed by atoms with E-state index < -0.39 is 0 Å². The molecule has 16 heteroatoms. The standard InChI is InChI=1S/C14H23N3O.C14H21N3O.C11H19BO3.C9H14BrN3/c2*1-17(2)8-5-13-12(3-4-14(15)16-13)11-6-9-18-10-7-11;1-10(2)11(3,4)15-12(14-10)9-5-7-13-8-6-9;1-13(2)6-5-8-7(10)3-4-9(11)12-8/h3-4,11H,5-10H2,1-2H3,(H2,15,16);3-4,6H,5,7-10H2,1-2H3,(H2,15,16);5H,6-8H2,1-4H3;3-4H,5-6H2,1-2H3,(H2,11,12). The number of pyridine rings is 3. The Balaban J connectivity index is 0.000000189. The second kappa shape index (κ2) is 26.0. The van der Waals surface area contributed by atoms with E-state index in [0.717, 1.165) is 113 Å². The maximum atomic E-state index is 5.96. The van der Waals surface area contributed by atoms with Crippen LogP contribution in [0.4, 0.5) is 17.5 Å². The molecule has 4 aliphatic rings. The van der Waals surface area contributed by atoms with E-state index >= 15 is 0 Å². The maximum Gasteiger partial charge on any atom is 0.490 e. The van der Waals surface area contributed by atoms with Crippen molar-refractivity contribution in [2.75, 3.05) is 119 Å². The fourth-order valence-electron chi connectivity index (χ4n) is 7.30. The van der Waals surface area contributed by atoms with Gasteiger partial charge in [0.1, 0.15) is 17.5 Å². The molecule has 0 spiro atoms. The molecule has 4 aliphatic heterocycles. The molecule has 7 heterocycles. The summed E-state index contributed by atoms with van der Waals surface area (Å²) in [6, 6.07) is 11.8. The Hall–Kier alpha value is -3.45. The summed E-state index contributed by atoms with van der Waals surface area (Å²) in [5.41, 5.74) is 25.2. The van der Waals surface area contributed by atoms with Gasteiger partial charge < -0.3 is 55.4 Å². The summed E-state index contributed by atoms with van der Waals surface area (Å²) in [6.45, 7) is 15.9. The molecule has 0 bridgehead atoms. The quantitative estimate of drug-likeness (QED) is 0.163. The third kappa shape index (κ3) is 17.4. The van der Waals surface area contributed by atoms with E-state index in [1.807, 2.05) is 32.3 Å². The molecule has 354 valence electrons. The van der Waals surface area contributed by atoms with Crippen molar-refractivity contribution in [2.45, 2.75) is 89.8 Å². The van der Waals surface area contributed by atoms with Crippen molar-refractivity contribution in [1.82, 2.24) is 29.7 Å². The predicted octanol–water partition coefficient (Wildman–Crippen LogP) is 6.73. The Morgan fingerprint density at radius 3 is 1.62 bits per heavy atom. The highest BCUT2D eigenvalue weighted by Crippen LogP contribution is 2.39. The zero-order chi connectivity index (χ0) is 46.9. The molecule has 64 heavy (non-hydrogen) atoms. The molecule has 0 atom stereocenters. The summed E-state index contributed by atoms with van der Waals surface area (Å²) >= 11 is 3.44. The van der Waals surface area contributed by atoms with Crippen LogP contribution >= 0.6 is 15.9 Å². The highest BCUT2D eigenvalue weighted by Gasteiger charge is 2.52.